The van der Waals surface area contributed by atoms with E-state index in [0.29, 0.717) is 0 Å². The molecule has 7 aromatic rings. The zero-order valence-electron chi connectivity index (χ0n) is 21.7. The summed E-state index contributed by atoms with van der Waals surface area (Å²) in [5.41, 5.74) is 8.09. The van der Waals surface area contributed by atoms with Gasteiger partial charge in [0.05, 0.1) is 0 Å². The van der Waals surface area contributed by atoms with Gasteiger partial charge in [-0.25, -0.2) is 0 Å². The Balaban J connectivity index is 1.56. The molecule has 0 N–H and O–H groups in total. The lowest BCUT2D eigenvalue weighted by Crippen LogP contribution is -2.10. The lowest BCUT2D eigenvalue weighted by molar-refractivity contribution is 0.591. The molecule has 0 bridgehead atoms. The number of para-hydroxylation sites is 1. The van der Waals surface area contributed by atoms with Crippen molar-refractivity contribution >= 4 is 54.1 Å². The van der Waals surface area contributed by atoms with Crippen LogP contribution in [0.5, 0.6) is 0 Å². The molecule has 1 heteroatoms. The van der Waals surface area contributed by atoms with Gasteiger partial charge in [0.1, 0.15) is 0 Å². The standard InChI is InChI=1S/C35H31N/c1-6-36-31-10-8-7-9-27(31)28-15-11-22(20-32(28)36)30-17-21(2)26-14-12-23-18-25(35(3,4)5)19-24-13-16-29(30)34(26)33(23)24/h7-20H,6H2,1-5H3. The van der Waals surface area contributed by atoms with E-state index in [-0.39, 0.29) is 5.41 Å². The van der Waals surface area contributed by atoms with Gasteiger partial charge in [-0.05, 0) is 86.0 Å². The number of aromatic nitrogens is 1. The first-order valence-electron chi connectivity index (χ1n) is 13.1. The van der Waals surface area contributed by atoms with Gasteiger partial charge in [0, 0.05) is 28.4 Å². The lowest BCUT2D eigenvalue weighted by atomic mass is 9.82. The average molecular weight is 466 g/mol. The second kappa shape index (κ2) is 7.34. The van der Waals surface area contributed by atoms with Crippen molar-refractivity contribution in [2.75, 3.05) is 0 Å². The number of nitrogens with zero attached hydrogens (tertiary/aromatic N) is 1. The Morgan fingerprint density at radius 3 is 2.03 bits per heavy atom. The summed E-state index contributed by atoms with van der Waals surface area (Å²) >= 11 is 0. The monoisotopic (exact) mass is 465 g/mol. The zero-order valence-corrected chi connectivity index (χ0v) is 21.7. The SMILES string of the molecule is CCn1c2ccccc2c2ccc(-c3cc(C)c4ccc5cc(C(C)(C)C)cc6ccc3c4c56)cc21. The molecule has 0 spiro atoms. The lowest BCUT2D eigenvalue weighted by Gasteiger charge is -2.22. The summed E-state index contributed by atoms with van der Waals surface area (Å²) in [6, 6.07) is 32.3. The highest BCUT2D eigenvalue weighted by atomic mass is 15.0. The second-order valence-electron chi connectivity index (χ2n) is 11.4. The van der Waals surface area contributed by atoms with Gasteiger partial charge in [0.25, 0.3) is 0 Å². The summed E-state index contributed by atoms with van der Waals surface area (Å²) in [4.78, 5) is 0. The summed E-state index contributed by atoms with van der Waals surface area (Å²) in [6.07, 6.45) is 0. The van der Waals surface area contributed by atoms with Crippen molar-refractivity contribution in [2.24, 2.45) is 0 Å². The van der Waals surface area contributed by atoms with E-state index in [2.05, 4.69) is 124 Å². The molecule has 1 nitrogen and oxygen atoms in total. The second-order valence-corrected chi connectivity index (χ2v) is 11.4. The van der Waals surface area contributed by atoms with Gasteiger partial charge in [-0.3, -0.25) is 0 Å². The largest absolute Gasteiger partial charge is 0.341 e. The van der Waals surface area contributed by atoms with E-state index in [1.165, 1.54) is 76.4 Å². The van der Waals surface area contributed by atoms with E-state index < -0.39 is 0 Å². The number of aryl methyl sites for hydroxylation is 2. The summed E-state index contributed by atoms with van der Waals surface area (Å²) in [6.45, 7) is 12.4. The van der Waals surface area contributed by atoms with Crippen LogP contribution in [0.3, 0.4) is 0 Å². The number of rotatable bonds is 2. The highest BCUT2D eigenvalue weighted by Crippen LogP contribution is 2.43. The van der Waals surface area contributed by atoms with E-state index in [9.17, 15) is 0 Å². The molecule has 0 aliphatic rings. The highest BCUT2D eigenvalue weighted by Gasteiger charge is 2.19. The maximum Gasteiger partial charge on any atom is 0.0497 e. The average Bonchev–Trinajstić information content (AvgIpc) is 3.20. The van der Waals surface area contributed by atoms with Crippen molar-refractivity contribution < 1.29 is 0 Å². The normalized spacial score (nSPS) is 12.7. The molecule has 176 valence electrons. The first kappa shape index (κ1) is 21.4. The van der Waals surface area contributed by atoms with Crippen molar-refractivity contribution in [3.05, 3.63) is 96.1 Å². The predicted molar refractivity (Wildman–Crippen MR) is 158 cm³/mol. The fraction of sp³-hybridized carbons (Fsp3) is 0.200. The van der Waals surface area contributed by atoms with Crippen LogP contribution in [0.2, 0.25) is 0 Å². The van der Waals surface area contributed by atoms with Gasteiger partial charge in [0.2, 0.25) is 0 Å². The Bertz CT molecular complexity index is 1940. The molecular weight excluding hydrogens is 434 g/mol. The Morgan fingerprint density at radius 1 is 0.639 bits per heavy atom. The molecule has 6 aromatic carbocycles. The third-order valence-corrected chi connectivity index (χ3v) is 8.19. The molecule has 0 unspecified atom stereocenters. The Hall–Kier alpha value is -3.84. The molecule has 0 aliphatic carbocycles. The fourth-order valence-corrected chi connectivity index (χ4v) is 6.32. The molecule has 7 rings (SSSR count). The van der Waals surface area contributed by atoms with Crippen LogP contribution in [0.15, 0.2) is 84.9 Å². The van der Waals surface area contributed by atoms with Crippen molar-refractivity contribution in [1.29, 1.82) is 0 Å². The first-order chi connectivity index (χ1) is 17.3. The first-order valence-corrected chi connectivity index (χ1v) is 13.1. The van der Waals surface area contributed by atoms with Gasteiger partial charge in [-0.2, -0.15) is 0 Å². The number of hydrogen-bond acceptors (Lipinski definition) is 0. The Morgan fingerprint density at radius 2 is 1.31 bits per heavy atom. The zero-order chi connectivity index (χ0) is 24.8. The predicted octanol–water partition coefficient (Wildman–Crippen LogP) is 9.98. The molecule has 0 fully saturated rings. The van der Waals surface area contributed by atoms with Crippen LogP contribution < -0.4 is 0 Å². The van der Waals surface area contributed by atoms with Crippen molar-refractivity contribution in [3.8, 4) is 11.1 Å². The molecule has 0 saturated heterocycles. The number of hydrogen-bond donors (Lipinski definition) is 0. The van der Waals surface area contributed by atoms with Crippen LogP contribution in [0.25, 0.3) is 65.3 Å². The van der Waals surface area contributed by atoms with Crippen LogP contribution in [-0.4, -0.2) is 4.57 Å². The number of benzene rings is 6. The van der Waals surface area contributed by atoms with Crippen molar-refractivity contribution in [3.63, 3.8) is 0 Å². The van der Waals surface area contributed by atoms with Gasteiger partial charge in [0.15, 0.2) is 0 Å². The summed E-state index contributed by atoms with van der Waals surface area (Å²) in [7, 11) is 0. The molecule has 1 aromatic heterocycles. The maximum absolute atomic E-state index is 2.45. The Kier molecular flexibility index (Phi) is 4.37. The van der Waals surface area contributed by atoms with E-state index in [0.717, 1.165) is 6.54 Å². The molecule has 0 radical (unpaired) electrons. The Labute approximate surface area is 212 Å². The van der Waals surface area contributed by atoms with Crippen molar-refractivity contribution in [1.82, 2.24) is 4.57 Å². The van der Waals surface area contributed by atoms with Gasteiger partial charge < -0.3 is 4.57 Å². The summed E-state index contributed by atoms with van der Waals surface area (Å²) < 4.78 is 2.45. The summed E-state index contributed by atoms with van der Waals surface area (Å²) in [5.74, 6) is 0. The molecule has 1 heterocycles. The smallest absolute Gasteiger partial charge is 0.0497 e. The summed E-state index contributed by atoms with van der Waals surface area (Å²) in [5, 5.41) is 10.8. The van der Waals surface area contributed by atoms with Crippen LogP contribution in [0.1, 0.15) is 38.8 Å². The van der Waals surface area contributed by atoms with Gasteiger partial charge in [-0.1, -0.05) is 93.6 Å². The molecular formula is C35H31N. The molecule has 0 atom stereocenters. The third-order valence-electron chi connectivity index (χ3n) is 8.19. The molecule has 0 amide bonds. The van der Waals surface area contributed by atoms with Crippen LogP contribution in [0, 0.1) is 6.92 Å². The maximum atomic E-state index is 2.45. The third kappa shape index (κ3) is 2.89. The van der Waals surface area contributed by atoms with Gasteiger partial charge in [-0.15, -0.1) is 0 Å². The van der Waals surface area contributed by atoms with Crippen LogP contribution >= 0.6 is 0 Å². The van der Waals surface area contributed by atoms with Crippen LogP contribution in [0.4, 0.5) is 0 Å². The quantitative estimate of drug-likeness (QED) is 0.224. The van der Waals surface area contributed by atoms with E-state index >= 15 is 0 Å². The van der Waals surface area contributed by atoms with E-state index in [4.69, 9.17) is 0 Å². The molecule has 36 heavy (non-hydrogen) atoms. The van der Waals surface area contributed by atoms with E-state index in [1.54, 1.807) is 0 Å². The van der Waals surface area contributed by atoms with Crippen molar-refractivity contribution in [2.45, 2.75) is 46.6 Å². The van der Waals surface area contributed by atoms with Gasteiger partial charge >= 0.3 is 0 Å². The van der Waals surface area contributed by atoms with Crippen LogP contribution in [-0.2, 0) is 12.0 Å². The number of fused-ring (bicyclic) bond motifs is 3. The topological polar surface area (TPSA) is 4.93 Å². The minimum Gasteiger partial charge on any atom is -0.341 e. The molecule has 0 saturated carbocycles. The highest BCUT2D eigenvalue weighted by molar-refractivity contribution is 6.26. The minimum atomic E-state index is 0.124. The van der Waals surface area contributed by atoms with E-state index in [1.807, 2.05) is 0 Å². The fourth-order valence-electron chi connectivity index (χ4n) is 6.32. The minimum absolute atomic E-state index is 0.124. The molecule has 0 aliphatic heterocycles.